The number of imidazole rings is 1. The fourth-order valence-electron chi connectivity index (χ4n) is 2.65. The van der Waals surface area contributed by atoms with Gasteiger partial charge in [0.15, 0.2) is 0 Å². The van der Waals surface area contributed by atoms with E-state index in [0.29, 0.717) is 17.7 Å². The summed E-state index contributed by atoms with van der Waals surface area (Å²) in [5.41, 5.74) is 2.29. The van der Waals surface area contributed by atoms with Gasteiger partial charge in [0, 0.05) is 36.2 Å². The molecular formula is C20H20F3N3O2S. The quantitative estimate of drug-likeness (QED) is 0.411. The maximum Gasteiger partial charge on any atom is 0.411 e. The van der Waals surface area contributed by atoms with Crippen molar-refractivity contribution in [3.8, 4) is 0 Å². The van der Waals surface area contributed by atoms with Crippen LogP contribution in [0.15, 0.2) is 59.8 Å². The number of halogens is 3. The third-order valence-electron chi connectivity index (χ3n) is 3.94. The number of benzene rings is 1. The van der Waals surface area contributed by atoms with Crippen LogP contribution in [0.4, 0.5) is 13.2 Å². The number of hydrogen-bond acceptors (Lipinski definition) is 4. The third-order valence-corrected chi connectivity index (χ3v) is 5.04. The molecule has 3 aromatic rings. The van der Waals surface area contributed by atoms with Crippen LogP contribution in [-0.4, -0.2) is 41.2 Å². The van der Waals surface area contributed by atoms with E-state index in [4.69, 9.17) is 0 Å². The molecule has 29 heavy (non-hydrogen) atoms. The van der Waals surface area contributed by atoms with Crippen molar-refractivity contribution >= 4 is 23.3 Å². The Kier molecular flexibility index (Phi) is 7.16. The standard InChI is InChI=1S/C20H20F3N3O2S/c21-20(22,23)14-28-11-5-9-24-19(27)16-6-1-2-7-17(16)29-13-15-12-26-10-4-3-8-18(26)25-15/h1-4,6-8,10,12H,5,9,11,13-14H2,(H,24,27). The largest absolute Gasteiger partial charge is 0.411 e. The van der Waals surface area contributed by atoms with Crippen molar-refractivity contribution in [2.24, 2.45) is 0 Å². The summed E-state index contributed by atoms with van der Waals surface area (Å²) < 4.78 is 42.5. The number of carbonyl (C=O) groups excluding carboxylic acids is 1. The molecule has 0 atom stereocenters. The Morgan fingerprint density at radius 1 is 1.17 bits per heavy atom. The smallest absolute Gasteiger partial charge is 0.372 e. The molecule has 1 aromatic carbocycles. The molecule has 2 aromatic heterocycles. The Hall–Kier alpha value is -2.52. The number of rotatable bonds is 9. The van der Waals surface area contributed by atoms with Crippen molar-refractivity contribution in [3.63, 3.8) is 0 Å². The maximum absolute atomic E-state index is 12.4. The summed E-state index contributed by atoms with van der Waals surface area (Å²) in [5.74, 6) is 0.344. The van der Waals surface area contributed by atoms with Crippen LogP contribution in [0.1, 0.15) is 22.5 Å². The molecule has 9 heteroatoms. The number of carbonyl (C=O) groups is 1. The SMILES string of the molecule is O=C(NCCCOCC(F)(F)F)c1ccccc1SCc1cn2ccccc2n1. The molecule has 1 N–H and O–H groups in total. The van der Waals surface area contributed by atoms with E-state index in [1.807, 2.05) is 47.1 Å². The van der Waals surface area contributed by atoms with Crippen LogP contribution < -0.4 is 5.32 Å². The molecule has 2 heterocycles. The van der Waals surface area contributed by atoms with Gasteiger partial charge in [-0.2, -0.15) is 13.2 Å². The van der Waals surface area contributed by atoms with E-state index in [-0.39, 0.29) is 19.1 Å². The Morgan fingerprint density at radius 2 is 1.97 bits per heavy atom. The molecule has 0 saturated heterocycles. The first kappa shape index (κ1) is 21.2. The topological polar surface area (TPSA) is 55.6 Å². The highest BCUT2D eigenvalue weighted by molar-refractivity contribution is 7.98. The van der Waals surface area contributed by atoms with E-state index in [1.165, 1.54) is 11.8 Å². The Balaban J connectivity index is 1.50. The van der Waals surface area contributed by atoms with Crippen LogP contribution in [0.2, 0.25) is 0 Å². The zero-order chi connectivity index (χ0) is 20.7. The van der Waals surface area contributed by atoms with Gasteiger partial charge in [0.1, 0.15) is 12.3 Å². The van der Waals surface area contributed by atoms with Crippen molar-refractivity contribution in [2.75, 3.05) is 19.8 Å². The van der Waals surface area contributed by atoms with Crippen molar-refractivity contribution in [3.05, 3.63) is 66.1 Å². The highest BCUT2D eigenvalue weighted by Gasteiger charge is 2.27. The zero-order valence-electron chi connectivity index (χ0n) is 15.5. The second-order valence-electron chi connectivity index (χ2n) is 6.26. The summed E-state index contributed by atoms with van der Waals surface area (Å²) in [5, 5.41) is 2.72. The second kappa shape index (κ2) is 9.80. The Bertz CT molecular complexity index is 926. The van der Waals surface area contributed by atoms with Crippen molar-refractivity contribution in [2.45, 2.75) is 23.2 Å². The van der Waals surface area contributed by atoms with E-state index in [2.05, 4.69) is 15.0 Å². The lowest BCUT2D eigenvalue weighted by atomic mass is 10.2. The van der Waals surface area contributed by atoms with E-state index >= 15 is 0 Å². The van der Waals surface area contributed by atoms with Gasteiger partial charge >= 0.3 is 6.18 Å². The van der Waals surface area contributed by atoms with Crippen molar-refractivity contribution in [1.29, 1.82) is 0 Å². The summed E-state index contributed by atoms with van der Waals surface area (Å²) in [6.07, 6.45) is -0.152. The zero-order valence-corrected chi connectivity index (χ0v) is 16.3. The van der Waals surface area contributed by atoms with Gasteiger partial charge < -0.3 is 14.5 Å². The fraction of sp³-hybridized carbons (Fsp3) is 0.300. The first-order chi connectivity index (χ1) is 13.9. The minimum Gasteiger partial charge on any atom is -0.372 e. The van der Waals surface area contributed by atoms with Gasteiger partial charge in [-0.1, -0.05) is 18.2 Å². The molecule has 0 aliphatic heterocycles. The number of alkyl halides is 3. The van der Waals surface area contributed by atoms with Crippen LogP contribution >= 0.6 is 11.8 Å². The summed E-state index contributed by atoms with van der Waals surface area (Å²) in [7, 11) is 0. The lowest BCUT2D eigenvalue weighted by Gasteiger charge is -2.10. The monoisotopic (exact) mass is 423 g/mol. The highest BCUT2D eigenvalue weighted by Crippen LogP contribution is 2.26. The molecule has 1 amide bonds. The van der Waals surface area contributed by atoms with Gasteiger partial charge in [-0.25, -0.2) is 4.98 Å². The minimum atomic E-state index is -4.33. The van der Waals surface area contributed by atoms with Gasteiger partial charge in [-0.3, -0.25) is 4.79 Å². The number of ether oxygens (including phenoxy) is 1. The summed E-state index contributed by atoms with van der Waals surface area (Å²) >= 11 is 1.51. The minimum absolute atomic E-state index is 0.0654. The van der Waals surface area contributed by atoms with E-state index < -0.39 is 12.8 Å². The van der Waals surface area contributed by atoms with Gasteiger partial charge in [-0.05, 0) is 30.7 Å². The van der Waals surface area contributed by atoms with Gasteiger partial charge in [0.05, 0.1) is 11.3 Å². The Labute approximate surface area is 170 Å². The molecule has 0 radical (unpaired) electrons. The van der Waals surface area contributed by atoms with E-state index in [1.54, 1.807) is 12.1 Å². The van der Waals surface area contributed by atoms with Crippen molar-refractivity contribution in [1.82, 2.24) is 14.7 Å². The normalized spacial score (nSPS) is 11.7. The number of amides is 1. The first-order valence-electron chi connectivity index (χ1n) is 8.99. The van der Waals surface area contributed by atoms with Crippen LogP contribution in [0, 0.1) is 0 Å². The van der Waals surface area contributed by atoms with E-state index in [9.17, 15) is 18.0 Å². The lowest BCUT2D eigenvalue weighted by molar-refractivity contribution is -0.173. The number of thioether (sulfide) groups is 1. The summed E-state index contributed by atoms with van der Waals surface area (Å²) in [6.45, 7) is -1.10. The summed E-state index contributed by atoms with van der Waals surface area (Å²) in [4.78, 5) is 17.8. The van der Waals surface area contributed by atoms with Gasteiger partial charge in [-0.15, -0.1) is 11.8 Å². The van der Waals surface area contributed by atoms with Gasteiger partial charge in [0.25, 0.3) is 5.91 Å². The van der Waals surface area contributed by atoms with Crippen LogP contribution in [0.3, 0.4) is 0 Å². The van der Waals surface area contributed by atoms with Crippen LogP contribution in [0.25, 0.3) is 5.65 Å². The molecule has 0 spiro atoms. The molecule has 3 rings (SSSR count). The molecule has 0 aliphatic carbocycles. The summed E-state index contributed by atoms with van der Waals surface area (Å²) in [6, 6.07) is 13.0. The predicted octanol–water partition coefficient (Wildman–Crippen LogP) is 4.33. The molecule has 0 aliphatic rings. The molecular weight excluding hydrogens is 403 g/mol. The number of aromatic nitrogens is 2. The number of nitrogens with zero attached hydrogens (tertiary/aromatic N) is 2. The number of fused-ring (bicyclic) bond motifs is 1. The predicted molar refractivity (Wildman–Crippen MR) is 105 cm³/mol. The van der Waals surface area contributed by atoms with Crippen LogP contribution in [-0.2, 0) is 10.5 Å². The molecule has 0 bridgehead atoms. The highest BCUT2D eigenvalue weighted by atomic mass is 32.2. The van der Waals surface area contributed by atoms with Crippen molar-refractivity contribution < 1.29 is 22.7 Å². The second-order valence-corrected chi connectivity index (χ2v) is 7.28. The molecule has 5 nitrogen and oxygen atoms in total. The molecule has 0 unspecified atom stereocenters. The number of pyridine rings is 1. The third kappa shape index (κ3) is 6.50. The fourth-order valence-corrected chi connectivity index (χ4v) is 3.58. The maximum atomic E-state index is 12.4. The molecule has 0 saturated carbocycles. The first-order valence-corrected chi connectivity index (χ1v) is 9.98. The lowest BCUT2D eigenvalue weighted by Crippen LogP contribution is -2.26. The average Bonchev–Trinajstić information content (AvgIpc) is 3.11. The number of hydrogen-bond donors (Lipinski definition) is 1. The molecule has 154 valence electrons. The molecule has 0 fully saturated rings. The van der Waals surface area contributed by atoms with Crippen LogP contribution in [0.5, 0.6) is 0 Å². The Morgan fingerprint density at radius 3 is 2.76 bits per heavy atom. The van der Waals surface area contributed by atoms with Gasteiger partial charge in [0.2, 0.25) is 0 Å². The van der Waals surface area contributed by atoms with E-state index in [0.717, 1.165) is 16.2 Å². The average molecular weight is 423 g/mol. The number of nitrogens with one attached hydrogen (secondary N) is 1.